The van der Waals surface area contributed by atoms with E-state index in [1.165, 1.54) is 6.04 Å². The van der Waals surface area contributed by atoms with E-state index in [2.05, 4.69) is 0 Å². The Hall–Kier alpha value is 0.0969. The fourth-order valence-electron chi connectivity index (χ4n) is 1.14. The van der Waals surface area contributed by atoms with Crippen molar-refractivity contribution >= 4 is 9.52 Å². The average molecular weight is 206 g/mol. The lowest BCUT2D eigenvalue weighted by molar-refractivity contribution is -0.0828. The molecular formula is C9H22O3Si. The van der Waals surface area contributed by atoms with Crippen molar-refractivity contribution in [1.29, 1.82) is 0 Å². The van der Waals surface area contributed by atoms with E-state index < -0.39 is 0 Å². The molecule has 0 atom stereocenters. The lowest BCUT2D eigenvalue weighted by atomic mass is 10.5. The van der Waals surface area contributed by atoms with Crippen LogP contribution in [0, 0.1) is 0 Å². The fraction of sp³-hybridized carbons (Fsp3) is 1.00. The van der Waals surface area contributed by atoms with Gasteiger partial charge in [-0.15, -0.1) is 0 Å². The van der Waals surface area contributed by atoms with Crippen LogP contribution in [0.5, 0.6) is 0 Å². The summed E-state index contributed by atoms with van der Waals surface area (Å²) in [5.41, 5.74) is 0. The van der Waals surface area contributed by atoms with Crippen LogP contribution in [0.15, 0.2) is 0 Å². The van der Waals surface area contributed by atoms with Crippen molar-refractivity contribution in [3.63, 3.8) is 0 Å². The van der Waals surface area contributed by atoms with Crippen molar-refractivity contribution in [3.8, 4) is 0 Å². The average Bonchev–Trinajstić information content (AvgIpc) is 2.13. The molecule has 0 aliphatic heterocycles. The summed E-state index contributed by atoms with van der Waals surface area (Å²) in [6.45, 7) is 6.38. The second kappa shape index (κ2) is 10.2. The van der Waals surface area contributed by atoms with Crippen molar-refractivity contribution in [2.75, 3.05) is 26.9 Å². The maximum atomic E-state index is 5.46. The van der Waals surface area contributed by atoms with Crippen LogP contribution in [-0.4, -0.2) is 42.4 Å². The predicted octanol–water partition coefficient (Wildman–Crippen LogP) is 0.967. The summed E-state index contributed by atoms with van der Waals surface area (Å²) < 4.78 is 15.9. The molecule has 0 unspecified atom stereocenters. The standard InChI is InChI=1S/C9H22O3Si/c1-4-11-9(12-5-2)13-8-6-7-10-3/h9H,4-8,13H2,1-3H3. The zero-order valence-electron chi connectivity index (χ0n) is 9.04. The zero-order chi connectivity index (χ0) is 9.94. The quantitative estimate of drug-likeness (QED) is 0.320. The number of methoxy groups -OCH3 is 1. The van der Waals surface area contributed by atoms with Crippen LogP contribution in [0.3, 0.4) is 0 Å². The Bertz CT molecular complexity index is 94.9. The lowest BCUT2D eigenvalue weighted by Crippen LogP contribution is -2.24. The number of rotatable bonds is 9. The van der Waals surface area contributed by atoms with Gasteiger partial charge in [0.05, 0.1) is 9.52 Å². The summed E-state index contributed by atoms with van der Waals surface area (Å²) in [7, 11) is 1.50. The Balaban J connectivity index is 3.33. The zero-order valence-corrected chi connectivity index (χ0v) is 10.5. The molecular weight excluding hydrogens is 184 g/mol. The second-order valence-electron chi connectivity index (χ2n) is 2.83. The molecule has 0 bridgehead atoms. The van der Waals surface area contributed by atoms with Gasteiger partial charge in [-0.25, -0.2) is 0 Å². The van der Waals surface area contributed by atoms with Gasteiger partial charge in [0.2, 0.25) is 0 Å². The number of hydrogen-bond donors (Lipinski definition) is 0. The van der Waals surface area contributed by atoms with Gasteiger partial charge in [0.25, 0.3) is 0 Å². The van der Waals surface area contributed by atoms with Crippen LogP contribution < -0.4 is 0 Å². The van der Waals surface area contributed by atoms with E-state index in [-0.39, 0.29) is 15.4 Å². The SMILES string of the molecule is CCOC(OCC)[SiH2]CCCOC. The maximum Gasteiger partial charge on any atom is 0.134 e. The highest BCUT2D eigenvalue weighted by Crippen LogP contribution is 1.98. The first-order valence-electron chi connectivity index (χ1n) is 5.07. The largest absolute Gasteiger partial charge is 0.385 e. The molecule has 13 heavy (non-hydrogen) atoms. The third-order valence-corrected chi connectivity index (χ3v) is 3.59. The number of hydrogen-bond acceptors (Lipinski definition) is 3. The van der Waals surface area contributed by atoms with Crippen LogP contribution in [0.1, 0.15) is 20.3 Å². The smallest absolute Gasteiger partial charge is 0.134 e. The second-order valence-corrected chi connectivity index (χ2v) is 4.78. The number of ether oxygens (including phenoxy) is 3. The highest BCUT2D eigenvalue weighted by atomic mass is 28.2. The molecule has 0 rings (SSSR count). The summed E-state index contributed by atoms with van der Waals surface area (Å²) in [5, 5.41) is 0. The van der Waals surface area contributed by atoms with Crippen molar-refractivity contribution in [3.05, 3.63) is 0 Å². The molecule has 0 aromatic rings. The molecule has 0 amide bonds. The van der Waals surface area contributed by atoms with Gasteiger partial charge in [0.1, 0.15) is 5.91 Å². The van der Waals surface area contributed by atoms with Crippen molar-refractivity contribution in [2.45, 2.75) is 32.2 Å². The third kappa shape index (κ3) is 8.43. The minimum Gasteiger partial charge on any atom is -0.385 e. The maximum absolute atomic E-state index is 5.46. The van der Waals surface area contributed by atoms with Gasteiger partial charge in [-0.2, -0.15) is 0 Å². The first-order valence-corrected chi connectivity index (χ1v) is 6.88. The van der Waals surface area contributed by atoms with E-state index in [0.717, 1.165) is 26.2 Å². The first-order chi connectivity index (χ1) is 6.35. The molecule has 0 saturated heterocycles. The van der Waals surface area contributed by atoms with E-state index in [1.54, 1.807) is 7.11 Å². The highest BCUT2D eigenvalue weighted by Gasteiger charge is 2.07. The summed E-state index contributed by atoms with van der Waals surface area (Å²) >= 11 is 0. The summed E-state index contributed by atoms with van der Waals surface area (Å²) in [4.78, 5) is 0. The molecule has 0 spiro atoms. The van der Waals surface area contributed by atoms with E-state index >= 15 is 0 Å². The Kier molecular flexibility index (Phi) is 10.3. The van der Waals surface area contributed by atoms with E-state index in [9.17, 15) is 0 Å². The van der Waals surface area contributed by atoms with Crippen molar-refractivity contribution in [2.24, 2.45) is 0 Å². The van der Waals surface area contributed by atoms with E-state index in [0.29, 0.717) is 0 Å². The molecule has 0 saturated carbocycles. The minimum atomic E-state index is -0.241. The van der Waals surface area contributed by atoms with Gasteiger partial charge in [-0.1, -0.05) is 6.04 Å². The fourth-order valence-corrected chi connectivity index (χ4v) is 2.77. The molecule has 0 heterocycles. The summed E-state index contributed by atoms with van der Waals surface area (Å²) in [6, 6.07) is 1.23. The Morgan fingerprint density at radius 2 is 1.77 bits per heavy atom. The Labute approximate surface area is 83.6 Å². The summed E-state index contributed by atoms with van der Waals surface area (Å²) in [5.74, 6) is 0.117. The molecule has 0 aliphatic rings. The minimum absolute atomic E-state index is 0.117. The van der Waals surface area contributed by atoms with Gasteiger partial charge in [-0.3, -0.25) is 0 Å². The Morgan fingerprint density at radius 3 is 2.23 bits per heavy atom. The molecule has 0 fully saturated rings. The molecule has 0 aliphatic carbocycles. The molecule has 0 N–H and O–H groups in total. The molecule has 4 heteroatoms. The van der Waals surface area contributed by atoms with Crippen LogP contribution >= 0.6 is 0 Å². The lowest BCUT2D eigenvalue weighted by Gasteiger charge is -2.16. The monoisotopic (exact) mass is 206 g/mol. The molecule has 3 nitrogen and oxygen atoms in total. The van der Waals surface area contributed by atoms with Gasteiger partial charge in [0, 0.05) is 26.9 Å². The van der Waals surface area contributed by atoms with Crippen LogP contribution in [-0.2, 0) is 14.2 Å². The highest BCUT2D eigenvalue weighted by molar-refractivity contribution is 6.36. The van der Waals surface area contributed by atoms with E-state index in [1.807, 2.05) is 13.8 Å². The van der Waals surface area contributed by atoms with Gasteiger partial charge >= 0.3 is 0 Å². The van der Waals surface area contributed by atoms with Gasteiger partial charge < -0.3 is 14.2 Å². The Morgan fingerprint density at radius 1 is 1.15 bits per heavy atom. The van der Waals surface area contributed by atoms with Gasteiger partial charge in [0.15, 0.2) is 0 Å². The van der Waals surface area contributed by atoms with Crippen LogP contribution in [0.4, 0.5) is 0 Å². The van der Waals surface area contributed by atoms with Crippen molar-refractivity contribution < 1.29 is 14.2 Å². The molecule has 0 aromatic heterocycles. The van der Waals surface area contributed by atoms with Crippen LogP contribution in [0.2, 0.25) is 6.04 Å². The van der Waals surface area contributed by atoms with Crippen molar-refractivity contribution in [1.82, 2.24) is 0 Å². The normalized spacial score (nSPS) is 12.0. The van der Waals surface area contributed by atoms with Gasteiger partial charge in [-0.05, 0) is 20.3 Å². The first kappa shape index (κ1) is 13.1. The molecule has 0 aromatic carbocycles. The summed E-state index contributed by atoms with van der Waals surface area (Å²) in [6.07, 6.45) is 1.14. The third-order valence-electron chi connectivity index (χ3n) is 1.74. The van der Waals surface area contributed by atoms with Crippen LogP contribution in [0.25, 0.3) is 0 Å². The molecule has 80 valence electrons. The topological polar surface area (TPSA) is 27.7 Å². The predicted molar refractivity (Wildman–Crippen MR) is 56.9 cm³/mol. The molecule has 0 radical (unpaired) electrons. The van der Waals surface area contributed by atoms with E-state index in [4.69, 9.17) is 14.2 Å².